The number of hydrogen-bond acceptors (Lipinski definition) is 6. The monoisotopic (exact) mass is 410 g/mol. The van der Waals surface area contributed by atoms with Crippen LogP contribution in [0.4, 0.5) is 0 Å². The number of carbonyl (C=O) groups excluding carboxylic acids is 2. The van der Waals surface area contributed by atoms with Crippen LogP contribution in [0, 0.1) is 6.92 Å². The van der Waals surface area contributed by atoms with Crippen LogP contribution < -0.4 is 10.1 Å². The number of nitrogens with zero attached hydrogens (tertiary/aromatic N) is 1. The van der Waals surface area contributed by atoms with Crippen molar-refractivity contribution in [3.8, 4) is 16.3 Å². The summed E-state index contributed by atoms with van der Waals surface area (Å²) in [7, 11) is 1.62. The maximum atomic E-state index is 12.1. The van der Waals surface area contributed by atoms with E-state index in [1.165, 1.54) is 11.3 Å². The molecule has 6 nitrogen and oxygen atoms in total. The number of carbonyl (C=O) groups is 2. The Morgan fingerprint density at radius 2 is 1.97 bits per heavy atom. The normalized spacial score (nSPS) is 10.4. The molecule has 3 aromatic rings. The maximum absolute atomic E-state index is 12.1. The molecule has 0 fully saturated rings. The van der Waals surface area contributed by atoms with E-state index in [4.69, 9.17) is 9.47 Å². The summed E-state index contributed by atoms with van der Waals surface area (Å²) in [6, 6.07) is 15.0. The summed E-state index contributed by atoms with van der Waals surface area (Å²) in [6.07, 6.45) is 0.102. The molecule has 3 rings (SSSR count). The standard InChI is InChI=1S/C22H22N2O4S/c1-15-6-3-4-9-19(15)21(26)23-11-10-20(25)28-13-17-14-29-22(24-17)16-7-5-8-18(12-16)27-2/h3-9,12,14H,10-11,13H2,1-2H3,(H,23,26). The van der Waals surface area contributed by atoms with Gasteiger partial charge in [-0.2, -0.15) is 0 Å². The van der Waals surface area contributed by atoms with Gasteiger partial charge in [0.15, 0.2) is 0 Å². The Labute approximate surface area is 173 Å². The smallest absolute Gasteiger partial charge is 0.307 e. The highest BCUT2D eigenvalue weighted by atomic mass is 32.1. The molecule has 0 aliphatic heterocycles. The minimum Gasteiger partial charge on any atom is -0.497 e. The summed E-state index contributed by atoms with van der Waals surface area (Å²) in [5.74, 6) is 0.183. The zero-order valence-electron chi connectivity index (χ0n) is 16.3. The summed E-state index contributed by atoms with van der Waals surface area (Å²) in [6.45, 7) is 2.19. The van der Waals surface area contributed by atoms with Crippen LogP contribution in [-0.4, -0.2) is 30.5 Å². The number of nitrogens with one attached hydrogen (secondary N) is 1. The van der Waals surface area contributed by atoms with E-state index in [2.05, 4.69) is 10.3 Å². The largest absolute Gasteiger partial charge is 0.497 e. The molecule has 0 unspecified atom stereocenters. The Morgan fingerprint density at radius 3 is 2.76 bits per heavy atom. The van der Waals surface area contributed by atoms with Crippen LogP contribution in [0.5, 0.6) is 5.75 Å². The third kappa shape index (κ3) is 5.65. The SMILES string of the molecule is COc1cccc(-c2nc(COC(=O)CCNC(=O)c3ccccc3C)cs2)c1. The van der Waals surface area contributed by atoms with Crippen molar-refractivity contribution in [2.75, 3.05) is 13.7 Å². The highest BCUT2D eigenvalue weighted by Gasteiger charge is 2.11. The van der Waals surface area contributed by atoms with Crippen LogP contribution in [0.15, 0.2) is 53.9 Å². The van der Waals surface area contributed by atoms with Gasteiger partial charge in [-0.3, -0.25) is 9.59 Å². The van der Waals surface area contributed by atoms with Crippen molar-refractivity contribution in [3.63, 3.8) is 0 Å². The molecule has 0 saturated heterocycles. The van der Waals surface area contributed by atoms with Gasteiger partial charge >= 0.3 is 5.97 Å². The van der Waals surface area contributed by atoms with Gasteiger partial charge in [-0.1, -0.05) is 30.3 Å². The molecule has 1 N–H and O–H groups in total. The number of benzene rings is 2. The predicted molar refractivity (Wildman–Crippen MR) is 112 cm³/mol. The summed E-state index contributed by atoms with van der Waals surface area (Å²) >= 11 is 1.48. The predicted octanol–water partition coefficient (Wildman–Crippen LogP) is 3.99. The van der Waals surface area contributed by atoms with E-state index in [1.807, 2.05) is 54.8 Å². The molecule has 150 valence electrons. The van der Waals surface area contributed by atoms with Crippen molar-refractivity contribution in [2.24, 2.45) is 0 Å². The van der Waals surface area contributed by atoms with Crippen LogP contribution in [0.2, 0.25) is 0 Å². The van der Waals surface area contributed by atoms with Crippen LogP contribution in [0.1, 0.15) is 28.0 Å². The topological polar surface area (TPSA) is 77.5 Å². The molecule has 1 heterocycles. The number of rotatable bonds is 8. The summed E-state index contributed by atoms with van der Waals surface area (Å²) in [5.41, 5.74) is 3.13. The van der Waals surface area contributed by atoms with Crippen LogP contribution >= 0.6 is 11.3 Å². The minimum atomic E-state index is -0.383. The number of ether oxygens (including phenoxy) is 2. The van der Waals surface area contributed by atoms with E-state index in [1.54, 1.807) is 13.2 Å². The van der Waals surface area contributed by atoms with Crippen molar-refractivity contribution in [2.45, 2.75) is 20.0 Å². The van der Waals surface area contributed by atoms with Gasteiger partial charge in [0.05, 0.1) is 19.2 Å². The fourth-order valence-corrected chi connectivity index (χ4v) is 3.49. The van der Waals surface area contributed by atoms with Crippen LogP contribution in [0.25, 0.3) is 10.6 Å². The molecule has 1 aromatic heterocycles. The van der Waals surface area contributed by atoms with Crippen LogP contribution in [-0.2, 0) is 16.1 Å². The minimum absolute atomic E-state index is 0.102. The second kappa shape index (κ2) is 9.84. The number of amides is 1. The quantitative estimate of drug-likeness (QED) is 0.568. The molecular formula is C22H22N2O4S. The molecule has 0 aliphatic carbocycles. The highest BCUT2D eigenvalue weighted by molar-refractivity contribution is 7.13. The number of esters is 1. The summed E-state index contributed by atoms with van der Waals surface area (Å²) < 4.78 is 10.5. The Kier molecular flexibility index (Phi) is 6.97. The van der Waals surface area contributed by atoms with Gasteiger partial charge < -0.3 is 14.8 Å². The molecule has 0 spiro atoms. The van der Waals surface area contributed by atoms with Gasteiger partial charge in [0.2, 0.25) is 0 Å². The first-order valence-electron chi connectivity index (χ1n) is 9.15. The average Bonchev–Trinajstić information content (AvgIpc) is 3.21. The number of thiazole rings is 1. The van der Waals surface area contributed by atoms with Gasteiger partial charge in [0.25, 0.3) is 5.91 Å². The zero-order chi connectivity index (χ0) is 20.6. The van der Waals surface area contributed by atoms with Gasteiger partial charge in [0.1, 0.15) is 17.4 Å². The fraction of sp³-hybridized carbons (Fsp3) is 0.227. The third-order valence-corrected chi connectivity index (χ3v) is 5.19. The number of aromatic nitrogens is 1. The number of hydrogen-bond donors (Lipinski definition) is 1. The Bertz CT molecular complexity index is 1000. The molecule has 1 amide bonds. The van der Waals surface area contributed by atoms with Crippen molar-refractivity contribution in [1.29, 1.82) is 0 Å². The van der Waals surface area contributed by atoms with Crippen molar-refractivity contribution in [3.05, 3.63) is 70.7 Å². The highest BCUT2D eigenvalue weighted by Crippen LogP contribution is 2.27. The van der Waals surface area contributed by atoms with Gasteiger partial charge in [-0.05, 0) is 30.7 Å². The Hall–Kier alpha value is -3.19. The Balaban J connectivity index is 1.44. The third-order valence-electron chi connectivity index (χ3n) is 4.25. The lowest BCUT2D eigenvalue weighted by molar-refractivity contribution is -0.144. The molecule has 0 radical (unpaired) electrons. The molecule has 0 atom stereocenters. The fourth-order valence-electron chi connectivity index (χ4n) is 2.69. The maximum Gasteiger partial charge on any atom is 0.307 e. The van der Waals surface area contributed by atoms with E-state index in [-0.39, 0.29) is 31.4 Å². The van der Waals surface area contributed by atoms with Gasteiger partial charge in [0, 0.05) is 23.1 Å². The molecule has 29 heavy (non-hydrogen) atoms. The van der Waals surface area contributed by atoms with E-state index in [0.29, 0.717) is 11.3 Å². The molecule has 0 saturated carbocycles. The second-order valence-corrected chi connectivity index (χ2v) is 7.22. The van der Waals surface area contributed by atoms with Gasteiger partial charge in [-0.15, -0.1) is 11.3 Å². The molecule has 0 bridgehead atoms. The first kappa shape index (κ1) is 20.5. The lowest BCUT2D eigenvalue weighted by Gasteiger charge is -2.07. The van der Waals surface area contributed by atoms with Crippen molar-refractivity contribution in [1.82, 2.24) is 10.3 Å². The lowest BCUT2D eigenvalue weighted by Crippen LogP contribution is -2.27. The van der Waals surface area contributed by atoms with E-state index >= 15 is 0 Å². The number of aryl methyl sites for hydroxylation is 1. The van der Waals surface area contributed by atoms with E-state index in [9.17, 15) is 9.59 Å². The molecule has 7 heteroatoms. The zero-order valence-corrected chi connectivity index (χ0v) is 17.1. The van der Waals surface area contributed by atoms with Crippen molar-refractivity contribution >= 4 is 23.2 Å². The Morgan fingerprint density at radius 1 is 1.14 bits per heavy atom. The molecule has 2 aromatic carbocycles. The second-order valence-electron chi connectivity index (χ2n) is 6.36. The van der Waals surface area contributed by atoms with Crippen LogP contribution in [0.3, 0.4) is 0 Å². The first-order valence-corrected chi connectivity index (χ1v) is 10.0. The van der Waals surface area contributed by atoms with E-state index in [0.717, 1.165) is 21.9 Å². The molecule has 0 aliphatic rings. The van der Waals surface area contributed by atoms with E-state index < -0.39 is 0 Å². The van der Waals surface area contributed by atoms with Crippen molar-refractivity contribution < 1.29 is 19.1 Å². The van der Waals surface area contributed by atoms with Gasteiger partial charge in [-0.25, -0.2) is 4.98 Å². The number of methoxy groups -OCH3 is 1. The first-order chi connectivity index (χ1) is 14.1. The average molecular weight is 410 g/mol. The lowest BCUT2D eigenvalue weighted by atomic mass is 10.1. The summed E-state index contributed by atoms with van der Waals surface area (Å²) in [4.78, 5) is 28.6. The molecular weight excluding hydrogens is 388 g/mol. The summed E-state index contributed by atoms with van der Waals surface area (Å²) in [5, 5.41) is 5.44.